The largest absolute Gasteiger partial charge is 0.383 e. The molecule has 0 spiro atoms. The molecule has 4 aromatic rings. The number of nitrogen functional groups attached to an aromatic ring is 1. The van der Waals surface area contributed by atoms with Gasteiger partial charge in [-0.2, -0.15) is 5.10 Å². The number of aromatic nitrogens is 5. The van der Waals surface area contributed by atoms with Crippen molar-refractivity contribution in [1.29, 1.82) is 0 Å². The van der Waals surface area contributed by atoms with Gasteiger partial charge < -0.3 is 15.4 Å². The fraction of sp³-hybridized carbons (Fsp3) is 0.370. The van der Waals surface area contributed by atoms with Crippen LogP contribution in [0.4, 0.5) is 11.5 Å². The number of benzene rings is 1. The first-order valence-electron chi connectivity index (χ1n) is 12.5. The predicted molar refractivity (Wildman–Crippen MR) is 134 cm³/mol. The van der Waals surface area contributed by atoms with Gasteiger partial charge in [-0.05, 0) is 49.8 Å². The zero-order valence-corrected chi connectivity index (χ0v) is 20.1. The minimum Gasteiger partial charge on any atom is -0.383 e. The van der Waals surface area contributed by atoms with E-state index < -0.39 is 0 Å². The van der Waals surface area contributed by atoms with Gasteiger partial charge in [0.25, 0.3) is 5.91 Å². The third-order valence-electron chi connectivity index (χ3n) is 7.34. The molecule has 0 saturated heterocycles. The maximum Gasteiger partial charge on any atom is 0.261 e. The normalized spacial score (nSPS) is 16.9. The van der Waals surface area contributed by atoms with Crippen molar-refractivity contribution in [2.75, 3.05) is 10.6 Å². The van der Waals surface area contributed by atoms with Crippen molar-refractivity contribution in [3.8, 4) is 0 Å². The van der Waals surface area contributed by atoms with E-state index in [0.29, 0.717) is 43.1 Å². The van der Waals surface area contributed by atoms with Crippen molar-refractivity contribution in [2.45, 2.75) is 64.3 Å². The quantitative estimate of drug-likeness (QED) is 0.439. The molecule has 1 amide bonds. The van der Waals surface area contributed by atoms with Crippen molar-refractivity contribution in [2.24, 2.45) is 0 Å². The Morgan fingerprint density at radius 1 is 1.14 bits per heavy atom. The highest BCUT2D eigenvalue weighted by Crippen LogP contribution is 2.38. The van der Waals surface area contributed by atoms with Crippen LogP contribution in [0, 0.1) is 6.92 Å². The molecule has 0 radical (unpaired) electrons. The molecule has 2 N–H and O–H groups in total. The number of aryl methyl sites for hydroxylation is 1. The summed E-state index contributed by atoms with van der Waals surface area (Å²) in [6.07, 6.45) is 9.79. The molecule has 182 valence electrons. The Hall–Kier alpha value is -3.85. The SMILES string of the molecule is Cc1nn(C2CC2)cc1N(Cc1ccc2c3c(c(N)nc2c1)COC3)C(=O)c1cnc(C2CC2)nc1. The van der Waals surface area contributed by atoms with Gasteiger partial charge in [-0.25, -0.2) is 15.0 Å². The lowest BCUT2D eigenvalue weighted by atomic mass is 10.0. The minimum atomic E-state index is -0.147. The summed E-state index contributed by atoms with van der Waals surface area (Å²) in [6.45, 7) is 3.36. The summed E-state index contributed by atoms with van der Waals surface area (Å²) in [5, 5.41) is 5.75. The summed E-state index contributed by atoms with van der Waals surface area (Å²) in [4.78, 5) is 29.2. The standard InChI is InChI=1S/C27H27N7O2/c1-15-24(12-34(32-15)19-5-6-19)33(27(35)18-9-29-26(30-10-18)17-3-4-17)11-16-2-7-20-21-13-36-14-22(21)25(28)31-23(20)8-16/h2,7-10,12,17,19H,3-6,11,13-14H2,1H3,(H2,28,31). The van der Waals surface area contributed by atoms with Crippen LogP contribution in [0.25, 0.3) is 10.9 Å². The Balaban J connectivity index is 1.26. The minimum absolute atomic E-state index is 0.147. The Morgan fingerprint density at radius 3 is 2.67 bits per heavy atom. The molecule has 9 nitrogen and oxygen atoms in total. The monoisotopic (exact) mass is 481 g/mol. The second-order valence-corrected chi connectivity index (χ2v) is 10.1. The molecule has 3 aromatic heterocycles. The number of fused-ring (bicyclic) bond motifs is 3. The number of carbonyl (C=O) groups is 1. The van der Waals surface area contributed by atoms with Crippen LogP contribution in [-0.4, -0.2) is 30.6 Å². The number of hydrogen-bond acceptors (Lipinski definition) is 7. The molecule has 3 aliphatic rings. The lowest BCUT2D eigenvalue weighted by Crippen LogP contribution is -2.31. The average molecular weight is 482 g/mol. The van der Waals surface area contributed by atoms with E-state index in [1.165, 1.54) is 0 Å². The van der Waals surface area contributed by atoms with E-state index in [0.717, 1.165) is 70.5 Å². The second kappa shape index (κ2) is 8.09. The molecule has 0 atom stereocenters. The lowest BCUT2D eigenvalue weighted by molar-refractivity contribution is 0.0984. The highest BCUT2D eigenvalue weighted by molar-refractivity contribution is 6.06. The van der Waals surface area contributed by atoms with Gasteiger partial charge in [-0.3, -0.25) is 9.48 Å². The molecule has 0 bridgehead atoms. The van der Waals surface area contributed by atoms with Gasteiger partial charge in [0.2, 0.25) is 0 Å². The number of rotatable bonds is 6. The Bertz CT molecular complexity index is 1500. The van der Waals surface area contributed by atoms with Crippen molar-refractivity contribution >= 4 is 28.3 Å². The van der Waals surface area contributed by atoms with Crippen molar-refractivity contribution in [3.63, 3.8) is 0 Å². The van der Waals surface area contributed by atoms with E-state index >= 15 is 0 Å². The number of nitrogens with two attached hydrogens (primary N) is 1. The van der Waals surface area contributed by atoms with Crippen LogP contribution < -0.4 is 10.6 Å². The summed E-state index contributed by atoms with van der Waals surface area (Å²) in [5.41, 5.74) is 12.2. The predicted octanol–water partition coefficient (Wildman–Crippen LogP) is 4.20. The highest BCUT2D eigenvalue weighted by Gasteiger charge is 2.30. The molecule has 1 aromatic carbocycles. The molecule has 4 heterocycles. The number of pyridine rings is 1. The summed E-state index contributed by atoms with van der Waals surface area (Å²) >= 11 is 0. The van der Waals surface area contributed by atoms with Gasteiger partial charge in [0.05, 0.1) is 48.3 Å². The second-order valence-electron chi connectivity index (χ2n) is 10.1. The van der Waals surface area contributed by atoms with Gasteiger partial charge >= 0.3 is 0 Å². The van der Waals surface area contributed by atoms with Crippen LogP contribution in [0.5, 0.6) is 0 Å². The summed E-state index contributed by atoms with van der Waals surface area (Å²) in [6, 6.07) is 6.54. The first-order chi connectivity index (χ1) is 17.5. The van der Waals surface area contributed by atoms with Crippen LogP contribution in [0.2, 0.25) is 0 Å². The van der Waals surface area contributed by atoms with Gasteiger partial charge in [-0.1, -0.05) is 12.1 Å². The molecule has 1 aliphatic heterocycles. The van der Waals surface area contributed by atoms with E-state index in [2.05, 4.69) is 21.0 Å². The smallest absolute Gasteiger partial charge is 0.261 e. The first kappa shape index (κ1) is 21.4. The molecule has 7 rings (SSSR count). The van der Waals surface area contributed by atoms with E-state index in [1.54, 1.807) is 17.3 Å². The number of nitrogens with zero attached hydrogens (tertiary/aromatic N) is 6. The van der Waals surface area contributed by atoms with Crippen LogP contribution in [0.1, 0.15) is 76.2 Å². The average Bonchev–Trinajstić information content (AvgIpc) is 3.82. The molecule has 36 heavy (non-hydrogen) atoms. The Kier molecular flexibility index (Phi) is 4.82. The Labute approximate surface area is 208 Å². The number of amides is 1. The highest BCUT2D eigenvalue weighted by atomic mass is 16.5. The molecule has 2 saturated carbocycles. The van der Waals surface area contributed by atoms with Crippen molar-refractivity contribution < 1.29 is 9.53 Å². The fourth-order valence-corrected chi connectivity index (χ4v) is 4.99. The molecule has 9 heteroatoms. The number of anilines is 2. The number of hydrogen-bond donors (Lipinski definition) is 1. The van der Waals surface area contributed by atoms with Gasteiger partial charge in [0, 0.05) is 35.5 Å². The van der Waals surface area contributed by atoms with Crippen LogP contribution in [0.15, 0.2) is 36.8 Å². The zero-order chi connectivity index (χ0) is 24.4. The maximum absolute atomic E-state index is 13.8. The Morgan fingerprint density at radius 2 is 1.92 bits per heavy atom. The summed E-state index contributed by atoms with van der Waals surface area (Å²) in [7, 11) is 0. The summed E-state index contributed by atoms with van der Waals surface area (Å²) in [5.74, 6) is 1.62. The van der Waals surface area contributed by atoms with Gasteiger partial charge in [-0.15, -0.1) is 0 Å². The molecular formula is C27H27N7O2. The molecular weight excluding hydrogens is 454 g/mol. The van der Waals surface area contributed by atoms with E-state index in [4.69, 9.17) is 15.6 Å². The number of carbonyl (C=O) groups excluding carboxylic acids is 1. The van der Waals surface area contributed by atoms with Crippen LogP contribution >= 0.6 is 0 Å². The number of ether oxygens (including phenoxy) is 1. The van der Waals surface area contributed by atoms with Gasteiger partial charge in [0.15, 0.2) is 0 Å². The van der Waals surface area contributed by atoms with Crippen molar-refractivity contribution in [1.82, 2.24) is 24.7 Å². The maximum atomic E-state index is 13.8. The summed E-state index contributed by atoms with van der Waals surface area (Å²) < 4.78 is 7.60. The third kappa shape index (κ3) is 3.71. The van der Waals surface area contributed by atoms with E-state index in [9.17, 15) is 4.79 Å². The third-order valence-corrected chi connectivity index (χ3v) is 7.34. The van der Waals surface area contributed by atoms with Crippen LogP contribution in [0.3, 0.4) is 0 Å². The van der Waals surface area contributed by atoms with Gasteiger partial charge in [0.1, 0.15) is 11.6 Å². The first-order valence-corrected chi connectivity index (χ1v) is 12.5. The van der Waals surface area contributed by atoms with E-state index in [1.807, 2.05) is 29.9 Å². The molecule has 2 aliphatic carbocycles. The molecule has 0 unspecified atom stereocenters. The van der Waals surface area contributed by atoms with Crippen LogP contribution in [-0.2, 0) is 24.5 Å². The zero-order valence-electron chi connectivity index (χ0n) is 20.1. The van der Waals surface area contributed by atoms with Crippen molar-refractivity contribution in [3.05, 3.63) is 70.6 Å². The molecule has 2 fully saturated rings. The lowest BCUT2D eigenvalue weighted by Gasteiger charge is -2.22. The van der Waals surface area contributed by atoms with E-state index in [-0.39, 0.29) is 5.91 Å². The topological polar surface area (TPSA) is 112 Å². The fourth-order valence-electron chi connectivity index (χ4n) is 4.99.